The van der Waals surface area contributed by atoms with E-state index in [9.17, 15) is 10.3 Å². The Hall–Kier alpha value is -0.630. The van der Waals surface area contributed by atoms with Crippen LogP contribution in [0, 0.1) is 16.5 Å². The summed E-state index contributed by atoms with van der Waals surface area (Å²) in [6.07, 6.45) is 0.188. The third kappa shape index (κ3) is 1.16. The van der Waals surface area contributed by atoms with Gasteiger partial charge in [-0.2, -0.15) is 5.26 Å². The fraction of sp³-hybridized carbons (Fsp3) is 0.889. The fourth-order valence-corrected chi connectivity index (χ4v) is 2.02. The average Bonchev–Trinajstić information content (AvgIpc) is 2.11. The summed E-state index contributed by atoms with van der Waals surface area (Å²) in [6.45, 7) is 6.66. The van der Waals surface area contributed by atoms with E-state index in [-0.39, 0.29) is 6.42 Å². The lowest BCUT2D eigenvalue weighted by molar-refractivity contribution is 0.0120. The molecule has 0 aromatic heterocycles. The molecule has 0 spiro atoms. The summed E-state index contributed by atoms with van der Waals surface area (Å²) in [5, 5.41) is 31.3. The van der Waals surface area contributed by atoms with Crippen molar-refractivity contribution in [2.45, 2.75) is 50.8 Å². The van der Waals surface area contributed by atoms with Crippen molar-refractivity contribution in [2.24, 2.45) is 0 Å². The smallest absolute Gasteiger partial charge is 0.169 e. The molecule has 1 N–H and O–H groups in total. The quantitative estimate of drug-likeness (QED) is 0.569. The molecule has 0 saturated carbocycles. The van der Waals surface area contributed by atoms with E-state index < -0.39 is 16.7 Å². The number of aliphatic hydroxyl groups is 1. The molecule has 0 aromatic rings. The predicted octanol–water partition coefficient (Wildman–Crippen LogP) is 1.00. The van der Waals surface area contributed by atoms with Gasteiger partial charge in [0.1, 0.15) is 0 Å². The van der Waals surface area contributed by atoms with Crippen LogP contribution in [0.1, 0.15) is 34.1 Å². The molecule has 0 aromatic carbocycles. The molecule has 1 unspecified atom stereocenters. The topological polar surface area (TPSA) is 70.3 Å². The van der Waals surface area contributed by atoms with Gasteiger partial charge >= 0.3 is 0 Å². The van der Waals surface area contributed by atoms with Crippen LogP contribution in [-0.2, 0) is 0 Å². The summed E-state index contributed by atoms with van der Waals surface area (Å²) in [7, 11) is 0. The van der Waals surface area contributed by atoms with Gasteiger partial charge in [-0.05, 0) is 27.7 Å². The highest BCUT2D eigenvalue weighted by atomic mass is 16.5. The maximum Gasteiger partial charge on any atom is 0.169 e. The summed E-state index contributed by atoms with van der Waals surface area (Å²) in [4.78, 5) is 0. The lowest BCUT2D eigenvalue weighted by Crippen LogP contribution is -2.52. The highest BCUT2D eigenvalue weighted by Gasteiger charge is 2.57. The molecule has 1 rings (SSSR count). The lowest BCUT2D eigenvalue weighted by atomic mass is 9.83. The van der Waals surface area contributed by atoms with Gasteiger partial charge in [-0.3, -0.25) is 0 Å². The SMILES string of the molecule is CC1(C)CC(O)(C#N)C(C)(C)N1[O-]. The van der Waals surface area contributed by atoms with Gasteiger partial charge in [0.25, 0.3) is 0 Å². The van der Waals surface area contributed by atoms with Crippen LogP contribution in [0.5, 0.6) is 0 Å². The molecule has 0 aliphatic carbocycles. The van der Waals surface area contributed by atoms with Crippen molar-refractivity contribution in [3.8, 4) is 6.07 Å². The molecule has 1 saturated heterocycles. The molecular formula is C9H15N2O2-. The first kappa shape index (κ1) is 10.5. The zero-order valence-electron chi connectivity index (χ0n) is 8.46. The Balaban J connectivity index is 3.17. The second kappa shape index (κ2) is 2.44. The minimum absolute atomic E-state index is 0.188. The van der Waals surface area contributed by atoms with E-state index in [1.54, 1.807) is 27.7 Å². The van der Waals surface area contributed by atoms with Crippen LogP contribution in [0.2, 0.25) is 0 Å². The van der Waals surface area contributed by atoms with E-state index in [0.29, 0.717) is 0 Å². The molecule has 1 aliphatic heterocycles. The highest BCUT2D eigenvalue weighted by molar-refractivity contribution is 5.24. The lowest BCUT2D eigenvalue weighted by Gasteiger charge is -2.47. The van der Waals surface area contributed by atoms with Crippen LogP contribution >= 0.6 is 0 Å². The third-order valence-electron chi connectivity index (χ3n) is 2.94. The molecule has 1 heterocycles. The number of hydrogen-bond donors (Lipinski definition) is 1. The van der Waals surface area contributed by atoms with Crippen molar-refractivity contribution >= 4 is 0 Å². The monoisotopic (exact) mass is 183 g/mol. The Labute approximate surface area is 78.3 Å². The molecule has 1 atom stereocenters. The Kier molecular flexibility index (Phi) is 1.96. The maximum absolute atomic E-state index is 11.7. The average molecular weight is 183 g/mol. The van der Waals surface area contributed by atoms with Crippen LogP contribution in [0.25, 0.3) is 0 Å². The van der Waals surface area contributed by atoms with E-state index >= 15 is 0 Å². The summed E-state index contributed by atoms with van der Waals surface area (Å²) in [6, 6.07) is 1.83. The van der Waals surface area contributed by atoms with Gasteiger partial charge in [0, 0.05) is 17.5 Å². The Morgan fingerprint density at radius 3 is 2.00 bits per heavy atom. The molecular weight excluding hydrogens is 168 g/mol. The van der Waals surface area contributed by atoms with Crippen molar-refractivity contribution < 1.29 is 5.11 Å². The van der Waals surface area contributed by atoms with Crippen LogP contribution in [0.15, 0.2) is 0 Å². The Bertz CT molecular complexity index is 267. The first-order chi connectivity index (χ1) is 5.67. The van der Waals surface area contributed by atoms with Crippen LogP contribution in [-0.4, -0.2) is 26.8 Å². The maximum atomic E-state index is 11.7. The number of hydrogen-bond acceptors (Lipinski definition) is 4. The summed E-state index contributed by atoms with van der Waals surface area (Å²) in [5.74, 6) is 0. The Morgan fingerprint density at radius 2 is 1.85 bits per heavy atom. The van der Waals surface area contributed by atoms with Gasteiger partial charge in [-0.25, -0.2) is 0 Å². The molecule has 0 radical (unpaired) electrons. The largest absolute Gasteiger partial charge is 0.784 e. The minimum Gasteiger partial charge on any atom is -0.784 e. The van der Waals surface area contributed by atoms with E-state index in [1.807, 2.05) is 6.07 Å². The van der Waals surface area contributed by atoms with Crippen molar-refractivity contribution in [1.29, 1.82) is 5.26 Å². The third-order valence-corrected chi connectivity index (χ3v) is 2.94. The van der Waals surface area contributed by atoms with Crippen LogP contribution in [0.4, 0.5) is 0 Å². The van der Waals surface area contributed by atoms with Gasteiger partial charge < -0.3 is 15.4 Å². The van der Waals surface area contributed by atoms with E-state index in [0.717, 1.165) is 5.06 Å². The van der Waals surface area contributed by atoms with Gasteiger partial charge in [-0.15, -0.1) is 0 Å². The molecule has 74 valence electrons. The normalized spacial score (nSPS) is 37.3. The van der Waals surface area contributed by atoms with Crippen molar-refractivity contribution in [3.05, 3.63) is 5.21 Å². The zero-order chi connectivity index (χ0) is 10.5. The Morgan fingerprint density at radius 1 is 1.38 bits per heavy atom. The minimum atomic E-state index is -1.54. The van der Waals surface area contributed by atoms with Crippen LogP contribution in [0.3, 0.4) is 0 Å². The van der Waals surface area contributed by atoms with E-state index in [2.05, 4.69) is 0 Å². The first-order valence-corrected chi connectivity index (χ1v) is 4.28. The summed E-state index contributed by atoms with van der Waals surface area (Å²) >= 11 is 0. The predicted molar refractivity (Wildman–Crippen MR) is 48.5 cm³/mol. The van der Waals surface area contributed by atoms with Crippen molar-refractivity contribution in [3.63, 3.8) is 0 Å². The van der Waals surface area contributed by atoms with Crippen molar-refractivity contribution in [2.75, 3.05) is 0 Å². The summed E-state index contributed by atoms with van der Waals surface area (Å²) in [5.41, 5.74) is -3.25. The highest BCUT2D eigenvalue weighted by Crippen LogP contribution is 2.46. The standard InChI is InChI=1S/C9H15N2O2/c1-7(2)5-9(12,6-10)8(3,4)11(7)13/h12H,5H2,1-4H3/q-1. The number of nitrogens with zero attached hydrogens (tertiary/aromatic N) is 2. The van der Waals surface area contributed by atoms with Crippen molar-refractivity contribution in [1.82, 2.24) is 5.06 Å². The molecule has 1 aliphatic rings. The van der Waals surface area contributed by atoms with E-state index in [1.165, 1.54) is 0 Å². The van der Waals surface area contributed by atoms with Gasteiger partial charge in [0.2, 0.25) is 0 Å². The molecule has 0 amide bonds. The van der Waals surface area contributed by atoms with E-state index in [4.69, 9.17) is 5.26 Å². The molecule has 0 bridgehead atoms. The van der Waals surface area contributed by atoms with Gasteiger partial charge in [0.15, 0.2) is 5.60 Å². The second-order valence-corrected chi connectivity index (χ2v) is 4.81. The van der Waals surface area contributed by atoms with Gasteiger partial charge in [0.05, 0.1) is 6.07 Å². The zero-order valence-corrected chi connectivity index (χ0v) is 8.46. The summed E-state index contributed by atoms with van der Waals surface area (Å²) < 4.78 is 0. The van der Waals surface area contributed by atoms with Gasteiger partial charge in [-0.1, -0.05) is 0 Å². The first-order valence-electron chi connectivity index (χ1n) is 4.28. The molecule has 4 heteroatoms. The number of nitriles is 1. The van der Waals surface area contributed by atoms with Crippen LogP contribution < -0.4 is 0 Å². The second-order valence-electron chi connectivity index (χ2n) is 4.81. The number of rotatable bonds is 0. The fourth-order valence-electron chi connectivity index (χ4n) is 2.02. The molecule has 4 nitrogen and oxygen atoms in total. The molecule has 13 heavy (non-hydrogen) atoms. The number of hydroxylamine groups is 2. The molecule has 1 fully saturated rings.